The van der Waals surface area contributed by atoms with Crippen molar-refractivity contribution < 1.29 is 9.57 Å². The molecule has 1 aliphatic rings. The van der Waals surface area contributed by atoms with Crippen LogP contribution in [-0.2, 0) is 4.84 Å². The first-order valence-electron chi connectivity index (χ1n) is 4.83. The highest BCUT2D eigenvalue weighted by atomic mass is 16.6. The number of hydroxylamine groups is 1. The van der Waals surface area contributed by atoms with E-state index >= 15 is 0 Å². The molecule has 0 spiro atoms. The minimum absolute atomic E-state index is 0.227. The van der Waals surface area contributed by atoms with E-state index in [1.165, 1.54) is 5.56 Å². The van der Waals surface area contributed by atoms with Crippen molar-refractivity contribution in [2.75, 3.05) is 13.7 Å². The van der Waals surface area contributed by atoms with E-state index in [0.29, 0.717) is 5.92 Å². The van der Waals surface area contributed by atoms with Crippen molar-refractivity contribution in [3.63, 3.8) is 0 Å². The van der Waals surface area contributed by atoms with Gasteiger partial charge in [-0.3, -0.25) is 0 Å². The van der Waals surface area contributed by atoms with Crippen LogP contribution in [-0.4, -0.2) is 13.7 Å². The lowest BCUT2D eigenvalue weighted by Gasteiger charge is -2.31. The van der Waals surface area contributed by atoms with Crippen LogP contribution < -0.4 is 10.2 Å². The lowest BCUT2D eigenvalue weighted by Crippen LogP contribution is -2.33. The summed E-state index contributed by atoms with van der Waals surface area (Å²) in [5.41, 5.74) is 4.18. The molecule has 0 fully saturated rings. The van der Waals surface area contributed by atoms with Gasteiger partial charge < -0.3 is 9.57 Å². The fourth-order valence-electron chi connectivity index (χ4n) is 1.80. The summed E-state index contributed by atoms with van der Waals surface area (Å²) in [5, 5.41) is 0. The van der Waals surface area contributed by atoms with Crippen LogP contribution in [0.25, 0.3) is 0 Å². The van der Waals surface area contributed by atoms with E-state index in [4.69, 9.17) is 9.57 Å². The summed E-state index contributed by atoms with van der Waals surface area (Å²) in [6, 6.07) is 8.29. The lowest BCUT2D eigenvalue weighted by atomic mass is 9.93. The van der Waals surface area contributed by atoms with Crippen molar-refractivity contribution in [2.45, 2.75) is 13.0 Å². The molecule has 0 aromatic heterocycles. The number of nitrogens with one attached hydrogen (secondary N) is 1. The van der Waals surface area contributed by atoms with E-state index in [2.05, 4.69) is 18.5 Å². The Kier molecular flexibility index (Phi) is 2.70. The molecule has 1 aromatic rings. The predicted octanol–water partition coefficient (Wildman–Crippen LogP) is 1.91. The first-order chi connectivity index (χ1) is 6.83. The number of hydrogen-bond acceptors (Lipinski definition) is 3. The summed E-state index contributed by atoms with van der Waals surface area (Å²) < 4.78 is 5.62. The summed E-state index contributed by atoms with van der Waals surface area (Å²) in [5.74, 6) is 1.38. The normalized spacial score (nSPS) is 25.3. The third kappa shape index (κ3) is 1.61. The van der Waals surface area contributed by atoms with Crippen LogP contribution in [0.3, 0.4) is 0 Å². The van der Waals surface area contributed by atoms with Crippen LogP contribution >= 0.6 is 0 Å². The number of ether oxygens (including phenoxy) is 1. The van der Waals surface area contributed by atoms with Crippen LogP contribution in [0.15, 0.2) is 24.3 Å². The molecule has 1 aromatic carbocycles. The fraction of sp³-hybridized carbons (Fsp3) is 0.455. The van der Waals surface area contributed by atoms with Gasteiger partial charge in [0, 0.05) is 11.5 Å². The topological polar surface area (TPSA) is 30.5 Å². The SMILES string of the molecule is CONC1c2ccccc2OCC1C. The highest BCUT2D eigenvalue weighted by Crippen LogP contribution is 2.34. The van der Waals surface area contributed by atoms with Crippen molar-refractivity contribution in [1.29, 1.82) is 0 Å². The number of hydrogen-bond donors (Lipinski definition) is 1. The first kappa shape index (κ1) is 9.49. The molecule has 2 unspecified atom stereocenters. The van der Waals surface area contributed by atoms with Crippen LogP contribution in [0.4, 0.5) is 0 Å². The highest BCUT2D eigenvalue weighted by molar-refractivity contribution is 5.37. The van der Waals surface area contributed by atoms with Gasteiger partial charge in [-0.25, -0.2) is 0 Å². The zero-order valence-corrected chi connectivity index (χ0v) is 8.49. The van der Waals surface area contributed by atoms with E-state index in [9.17, 15) is 0 Å². The maximum atomic E-state index is 5.62. The van der Waals surface area contributed by atoms with E-state index < -0.39 is 0 Å². The Morgan fingerprint density at radius 3 is 3.00 bits per heavy atom. The molecule has 0 saturated heterocycles. The Morgan fingerprint density at radius 2 is 2.21 bits per heavy atom. The van der Waals surface area contributed by atoms with Gasteiger partial charge in [0.15, 0.2) is 0 Å². The number of para-hydroxylation sites is 1. The van der Waals surface area contributed by atoms with Crippen molar-refractivity contribution in [3.05, 3.63) is 29.8 Å². The Bertz CT molecular complexity index is 314. The minimum Gasteiger partial charge on any atom is -0.493 e. The zero-order chi connectivity index (χ0) is 9.97. The summed E-state index contributed by atoms with van der Waals surface area (Å²) in [6.07, 6.45) is 0. The van der Waals surface area contributed by atoms with Crippen molar-refractivity contribution in [3.8, 4) is 5.75 Å². The molecule has 3 nitrogen and oxygen atoms in total. The number of fused-ring (bicyclic) bond motifs is 1. The number of rotatable bonds is 2. The van der Waals surface area contributed by atoms with Crippen LogP contribution in [0.2, 0.25) is 0 Å². The molecule has 0 aliphatic carbocycles. The van der Waals surface area contributed by atoms with Crippen LogP contribution in [0, 0.1) is 5.92 Å². The van der Waals surface area contributed by atoms with Crippen molar-refractivity contribution >= 4 is 0 Å². The van der Waals surface area contributed by atoms with Gasteiger partial charge in [-0.1, -0.05) is 25.1 Å². The molecule has 0 radical (unpaired) electrons. The summed E-state index contributed by atoms with van der Waals surface area (Å²) in [7, 11) is 1.64. The summed E-state index contributed by atoms with van der Waals surface area (Å²) in [6.45, 7) is 2.88. The van der Waals surface area contributed by atoms with Crippen LogP contribution in [0.1, 0.15) is 18.5 Å². The molecule has 1 heterocycles. The second kappa shape index (κ2) is 3.98. The van der Waals surface area contributed by atoms with Gasteiger partial charge in [0.1, 0.15) is 5.75 Å². The Hall–Kier alpha value is -1.06. The maximum Gasteiger partial charge on any atom is 0.124 e. The first-order valence-corrected chi connectivity index (χ1v) is 4.83. The maximum absolute atomic E-state index is 5.62. The van der Waals surface area contributed by atoms with Gasteiger partial charge in [0.25, 0.3) is 0 Å². The van der Waals surface area contributed by atoms with Gasteiger partial charge in [-0.15, -0.1) is 0 Å². The van der Waals surface area contributed by atoms with Crippen molar-refractivity contribution in [2.24, 2.45) is 5.92 Å². The molecule has 0 bridgehead atoms. The highest BCUT2D eigenvalue weighted by Gasteiger charge is 2.27. The average Bonchev–Trinajstić information content (AvgIpc) is 2.23. The third-order valence-electron chi connectivity index (χ3n) is 2.57. The average molecular weight is 193 g/mol. The molecular formula is C11H15NO2. The van der Waals surface area contributed by atoms with E-state index in [0.717, 1.165) is 12.4 Å². The lowest BCUT2D eigenvalue weighted by molar-refractivity contribution is 0.0250. The second-order valence-electron chi connectivity index (χ2n) is 3.63. The van der Waals surface area contributed by atoms with Crippen LogP contribution in [0.5, 0.6) is 5.75 Å². The van der Waals surface area contributed by atoms with Gasteiger partial charge in [0.05, 0.1) is 19.8 Å². The molecule has 3 heteroatoms. The fourth-order valence-corrected chi connectivity index (χ4v) is 1.80. The molecular weight excluding hydrogens is 178 g/mol. The molecule has 1 N–H and O–H groups in total. The smallest absolute Gasteiger partial charge is 0.124 e. The Labute approximate surface area is 84.0 Å². The molecule has 14 heavy (non-hydrogen) atoms. The molecule has 76 valence electrons. The Balaban J connectivity index is 2.31. The molecule has 2 rings (SSSR count). The van der Waals surface area contributed by atoms with E-state index in [1.54, 1.807) is 7.11 Å². The van der Waals surface area contributed by atoms with Gasteiger partial charge in [-0.2, -0.15) is 5.48 Å². The van der Waals surface area contributed by atoms with E-state index in [1.807, 2.05) is 18.2 Å². The minimum atomic E-state index is 0.227. The second-order valence-corrected chi connectivity index (χ2v) is 3.63. The molecule has 1 aliphatic heterocycles. The quantitative estimate of drug-likeness (QED) is 0.728. The summed E-state index contributed by atoms with van der Waals surface area (Å²) in [4.78, 5) is 5.00. The summed E-state index contributed by atoms with van der Waals surface area (Å²) >= 11 is 0. The standard InChI is InChI=1S/C11H15NO2/c1-8-7-14-10-6-4-3-5-9(10)11(8)12-13-2/h3-6,8,11-12H,7H2,1-2H3. The monoisotopic (exact) mass is 193 g/mol. The van der Waals surface area contributed by atoms with Gasteiger partial charge in [-0.05, 0) is 6.07 Å². The predicted molar refractivity (Wildman–Crippen MR) is 54.0 cm³/mol. The number of benzene rings is 1. The zero-order valence-electron chi connectivity index (χ0n) is 8.49. The largest absolute Gasteiger partial charge is 0.493 e. The van der Waals surface area contributed by atoms with E-state index in [-0.39, 0.29) is 6.04 Å². The Morgan fingerprint density at radius 1 is 1.43 bits per heavy atom. The van der Waals surface area contributed by atoms with Crippen molar-refractivity contribution in [1.82, 2.24) is 5.48 Å². The molecule has 0 saturated carbocycles. The molecule has 2 atom stereocenters. The third-order valence-corrected chi connectivity index (χ3v) is 2.57. The molecule has 0 amide bonds. The van der Waals surface area contributed by atoms with Gasteiger partial charge >= 0.3 is 0 Å². The van der Waals surface area contributed by atoms with Gasteiger partial charge in [0.2, 0.25) is 0 Å².